The lowest BCUT2D eigenvalue weighted by atomic mass is 9.69. The van der Waals surface area contributed by atoms with Gasteiger partial charge in [-0.2, -0.15) is 10.5 Å². The first kappa shape index (κ1) is 16.1. The molecule has 0 amide bonds. The van der Waals surface area contributed by atoms with Gasteiger partial charge in [-0.3, -0.25) is 9.69 Å². The van der Waals surface area contributed by atoms with Crippen LogP contribution < -0.4 is 4.90 Å². The smallest absolute Gasteiger partial charge is 0.211 e. The number of benzene rings is 1. The van der Waals surface area contributed by atoms with Gasteiger partial charge < -0.3 is 0 Å². The van der Waals surface area contributed by atoms with E-state index in [0.29, 0.717) is 5.02 Å². The van der Waals surface area contributed by atoms with E-state index in [4.69, 9.17) is 11.6 Å². The van der Waals surface area contributed by atoms with Crippen LogP contribution in [0, 0.1) is 34.0 Å². The lowest BCUT2D eigenvalue weighted by Gasteiger charge is -2.24. The van der Waals surface area contributed by atoms with Crippen LogP contribution in [0.2, 0.25) is 5.02 Å². The lowest BCUT2D eigenvalue weighted by molar-refractivity contribution is -0.872. The number of allylic oxidation sites excluding steroid dienone is 2. The van der Waals surface area contributed by atoms with Crippen molar-refractivity contribution < 1.29 is 9.69 Å². The SMILES string of the molecule is N#CC1(C#N)[C@@H]2C=CC=C[NH+]2[C@@H](C(=O)C2CC2)[C@@H]1c1ccccc1Cl. The second-order valence-electron chi connectivity index (χ2n) is 6.97. The molecule has 4 atom stereocenters. The first-order valence-corrected chi connectivity index (χ1v) is 8.84. The maximum atomic E-state index is 13.1. The summed E-state index contributed by atoms with van der Waals surface area (Å²) in [6, 6.07) is 11.0. The number of fused-ring (bicyclic) bond motifs is 1. The van der Waals surface area contributed by atoms with Crippen LogP contribution in [0.4, 0.5) is 0 Å². The van der Waals surface area contributed by atoms with Crippen molar-refractivity contribution in [2.24, 2.45) is 11.3 Å². The van der Waals surface area contributed by atoms with E-state index in [0.717, 1.165) is 23.3 Å². The van der Waals surface area contributed by atoms with E-state index in [-0.39, 0.29) is 17.7 Å². The van der Waals surface area contributed by atoms with Crippen molar-refractivity contribution in [1.82, 2.24) is 0 Å². The fourth-order valence-corrected chi connectivity index (χ4v) is 4.58. The van der Waals surface area contributed by atoms with Crippen molar-refractivity contribution in [3.05, 3.63) is 59.3 Å². The zero-order valence-corrected chi connectivity index (χ0v) is 14.3. The molecule has 0 spiro atoms. The van der Waals surface area contributed by atoms with E-state index in [1.807, 2.05) is 42.6 Å². The van der Waals surface area contributed by atoms with Crippen molar-refractivity contribution in [3.63, 3.8) is 0 Å². The highest BCUT2D eigenvalue weighted by Crippen LogP contribution is 2.48. The molecule has 2 heterocycles. The molecular formula is C20H17ClN3O+. The summed E-state index contributed by atoms with van der Waals surface area (Å²) in [7, 11) is 0. The minimum absolute atomic E-state index is 0.0515. The molecule has 25 heavy (non-hydrogen) atoms. The highest BCUT2D eigenvalue weighted by Gasteiger charge is 2.67. The molecule has 3 aliphatic rings. The molecule has 2 aliphatic heterocycles. The standard InChI is InChI=1S/C20H16ClN3O/c21-15-6-2-1-5-14(15)17-18(19(25)13-8-9-13)24-10-4-3-7-16(24)20(17,11-22)12-23/h1-7,10,13,16-18H,8-9H2/p+1/t16-,17-,18+/m0/s1. The second-order valence-corrected chi connectivity index (χ2v) is 7.38. The van der Waals surface area contributed by atoms with Gasteiger partial charge in [-0.15, -0.1) is 0 Å². The summed E-state index contributed by atoms with van der Waals surface area (Å²) in [5.41, 5.74) is -0.605. The zero-order valence-electron chi connectivity index (χ0n) is 13.5. The van der Waals surface area contributed by atoms with Crippen LogP contribution in [-0.4, -0.2) is 17.9 Å². The summed E-state index contributed by atoms with van der Waals surface area (Å²) in [6.07, 6.45) is 9.32. The van der Waals surface area contributed by atoms with Crippen LogP contribution in [-0.2, 0) is 4.79 Å². The maximum absolute atomic E-state index is 13.1. The van der Waals surface area contributed by atoms with E-state index in [1.54, 1.807) is 6.07 Å². The molecule has 1 saturated heterocycles. The number of Topliss-reactive ketones (excluding diaryl/α,β-unsaturated/α-hetero) is 1. The minimum Gasteiger partial charge on any atom is -0.293 e. The van der Waals surface area contributed by atoms with Gasteiger partial charge in [0, 0.05) is 10.9 Å². The zero-order chi connectivity index (χ0) is 17.6. The number of ketones is 1. The Hall–Kier alpha value is -2.40. The molecule has 5 heteroatoms. The summed E-state index contributed by atoms with van der Waals surface area (Å²) in [6.45, 7) is 0. The minimum atomic E-state index is -1.32. The average molecular weight is 351 g/mol. The van der Waals surface area contributed by atoms with Gasteiger partial charge in [-0.1, -0.05) is 35.9 Å². The Morgan fingerprint density at radius 2 is 1.92 bits per heavy atom. The molecule has 1 aromatic carbocycles. The number of nitrogens with zero attached hydrogens (tertiary/aromatic N) is 2. The van der Waals surface area contributed by atoms with Crippen LogP contribution in [0.15, 0.2) is 48.7 Å². The predicted octanol–water partition coefficient (Wildman–Crippen LogP) is 2.16. The summed E-state index contributed by atoms with van der Waals surface area (Å²) in [5, 5.41) is 20.6. The van der Waals surface area contributed by atoms with E-state index < -0.39 is 17.4 Å². The number of hydrogen-bond acceptors (Lipinski definition) is 3. The molecule has 0 radical (unpaired) electrons. The molecule has 1 N–H and O–H groups in total. The topological polar surface area (TPSA) is 69.1 Å². The maximum Gasteiger partial charge on any atom is 0.211 e. The summed E-state index contributed by atoms with van der Waals surface area (Å²) >= 11 is 6.43. The van der Waals surface area contributed by atoms with Gasteiger partial charge in [0.05, 0.1) is 24.3 Å². The number of quaternary nitrogens is 1. The van der Waals surface area contributed by atoms with Gasteiger partial charge in [0.25, 0.3) is 0 Å². The van der Waals surface area contributed by atoms with Crippen molar-refractivity contribution in [2.75, 3.05) is 0 Å². The number of halogens is 1. The molecule has 1 aliphatic carbocycles. The van der Waals surface area contributed by atoms with Gasteiger partial charge in [-0.05, 0) is 36.6 Å². The van der Waals surface area contributed by atoms with Gasteiger partial charge in [-0.25, -0.2) is 0 Å². The lowest BCUT2D eigenvalue weighted by Crippen LogP contribution is -3.14. The van der Waals surface area contributed by atoms with Gasteiger partial charge >= 0.3 is 0 Å². The largest absolute Gasteiger partial charge is 0.293 e. The van der Waals surface area contributed by atoms with Gasteiger partial charge in [0.1, 0.15) is 6.04 Å². The quantitative estimate of drug-likeness (QED) is 0.908. The van der Waals surface area contributed by atoms with E-state index in [1.165, 1.54) is 0 Å². The fourth-order valence-electron chi connectivity index (χ4n) is 4.32. The first-order valence-electron chi connectivity index (χ1n) is 8.46. The number of carbonyl (C=O) groups is 1. The highest BCUT2D eigenvalue weighted by atomic mass is 35.5. The van der Waals surface area contributed by atoms with Crippen LogP contribution in [0.3, 0.4) is 0 Å². The molecule has 124 valence electrons. The van der Waals surface area contributed by atoms with Crippen LogP contribution >= 0.6 is 11.6 Å². The number of nitriles is 2. The fraction of sp³-hybridized carbons (Fsp3) is 0.350. The Labute approximate surface area is 151 Å². The molecule has 0 aromatic heterocycles. The van der Waals surface area contributed by atoms with Crippen LogP contribution in [0.5, 0.6) is 0 Å². The first-order chi connectivity index (χ1) is 12.1. The third kappa shape index (κ3) is 2.26. The summed E-state index contributed by atoms with van der Waals surface area (Å²) in [4.78, 5) is 14.0. The highest BCUT2D eigenvalue weighted by molar-refractivity contribution is 6.31. The van der Waals surface area contributed by atoms with E-state index >= 15 is 0 Å². The Balaban J connectivity index is 1.94. The van der Waals surface area contributed by atoms with E-state index in [9.17, 15) is 15.3 Å². The molecule has 0 bridgehead atoms. The predicted molar refractivity (Wildman–Crippen MR) is 92.4 cm³/mol. The molecule has 4 rings (SSSR count). The Kier molecular flexibility index (Phi) is 3.76. The summed E-state index contributed by atoms with van der Waals surface area (Å²) in [5.74, 6) is -0.343. The van der Waals surface area contributed by atoms with Crippen molar-refractivity contribution >= 4 is 17.4 Å². The molecule has 4 nitrogen and oxygen atoms in total. The number of carbonyl (C=O) groups excluding carboxylic acids is 1. The third-order valence-corrected chi connectivity index (χ3v) is 5.98. The molecule has 1 unspecified atom stereocenters. The Bertz CT molecular complexity index is 858. The van der Waals surface area contributed by atoms with Crippen LogP contribution in [0.25, 0.3) is 0 Å². The molecule has 1 aromatic rings. The molecular weight excluding hydrogens is 334 g/mol. The Morgan fingerprint density at radius 3 is 2.56 bits per heavy atom. The van der Waals surface area contributed by atoms with Crippen molar-refractivity contribution in [3.8, 4) is 12.1 Å². The molecule has 2 fully saturated rings. The van der Waals surface area contributed by atoms with Gasteiger partial charge in [0.2, 0.25) is 5.41 Å². The third-order valence-electron chi connectivity index (χ3n) is 5.63. The Morgan fingerprint density at radius 1 is 1.20 bits per heavy atom. The molecule has 1 saturated carbocycles. The number of hydrogen-bond donors (Lipinski definition) is 1. The average Bonchev–Trinajstić information content (AvgIpc) is 3.44. The van der Waals surface area contributed by atoms with Crippen molar-refractivity contribution in [1.29, 1.82) is 10.5 Å². The number of rotatable bonds is 3. The second kappa shape index (κ2) is 5.85. The normalized spacial score (nSPS) is 31.8. The van der Waals surface area contributed by atoms with Crippen LogP contribution in [0.1, 0.15) is 24.3 Å². The van der Waals surface area contributed by atoms with Crippen molar-refractivity contribution in [2.45, 2.75) is 30.8 Å². The number of nitrogens with one attached hydrogen (secondary N) is 1. The van der Waals surface area contributed by atoms with Gasteiger partial charge in [0.15, 0.2) is 11.8 Å². The summed E-state index contributed by atoms with van der Waals surface area (Å²) < 4.78 is 0. The van der Waals surface area contributed by atoms with E-state index in [2.05, 4.69) is 12.1 Å². The monoisotopic (exact) mass is 350 g/mol.